The van der Waals surface area contributed by atoms with Crippen LogP contribution in [0.1, 0.15) is 32.6 Å². The smallest absolute Gasteiger partial charge is 0.223 e. The van der Waals surface area contributed by atoms with E-state index in [2.05, 4.69) is 17.6 Å². The van der Waals surface area contributed by atoms with E-state index >= 15 is 0 Å². The lowest BCUT2D eigenvalue weighted by Crippen LogP contribution is -2.47. The highest BCUT2D eigenvalue weighted by Crippen LogP contribution is 2.36. The van der Waals surface area contributed by atoms with E-state index in [0.29, 0.717) is 12.0 Å². The normalized spacial score (nSPS) is 29.6. The molecule has 1 amide bonds. The fraction of sp³-hybridized carbons (Fsp3) is 0.909. The Labute approximate surface area is 85.6 Å². The predicted octanol–water partition coefficient (Wildman–Crippen LogP) is 0.901. The van der Waals surface area contributed by atoms with Gasteiger partial charge in [0.05, 0.1) is 0 Å². The van der Waals surface area contributed by atoms with E-state index in [1.54, 1.807) is 0 Å². The molecule has 0 bridgehead atoms. The first-order valence-electron chi connectivity index (χ1n) is 5.78. The van der Waals surface area contributed by atoms with Gasteiger partial charge in [0.25, 0.3) is 0 Å². The van der Waals surface area contributed by atoms with E-state index in [0.717, 1.165) is 19.5 Å². The van der Waals surface area contributed by atoms with E-state index in [1.807, 2.05) is 0 Å². The Morgan fingerprint density at radius 3 is 2.79 bits per heavy atom. The summed E-state index contributed by atoms with van der Waals surface area (Å²) in [6.45, 7) is 4.11. The number of nitrogens with one attached hydrogen (secondary N) is 2. The second-order valence-corrected chi connectivity index (χ2v) is 4.68. The van der Waals surface area contributed by atoms with Gasteiger partial charge in [-0.15, -0.1) is 0 Å². The van der Waals surface area contributed by atoms with Gasteiger partial charge < -0.3 is 10.6 Å². The molecule has 80 valence electrons. The Kier molecular flexibility index (Phi) is 3.06. The molecule has 2 atom stereocenters. The van der Waals surface area contributed by atoms with E-state index in [-0.39, 0.29) is 11.8 Å². The van der Waals surface area contributed by atoms with E-state index in [4.69, 9.17) is 0 Å². The summed E-state index contributed by atoms with van der Waals surface area (Å²) >= 11 is 0. The molecule has 1 saturated carbocycles. The molecule has 0 aromatic carbocycles. The number of piperidine rings is 1. The van der Waals surface area contributed by atoms with Crippen LogP contribution in [0.15, 0.2) is 0 Å². The van der Waals surface area contributed by atoms with Gasteiger partial charge in [-0.1, -0.05) is 6.92 Å². The van der Waals surface area contributed by atoms with Gasteiger partial charge >= 0.3 is 0 Å². The van der Waals surface area contributed by atoms with E-state index < -0.39 is 0 Å². The van der Waals surface area contributed by atoms with Gasteiger partial charge in [-0.2, -0.15) is 0 Å². The van der Waals surface area contributed by atoms with E-state index in [9.17, 15) is 4.79 Å². The third kappa shape index (κ3) is 2.47. The minimum Gasteiger partial charge on any atom is -0.352 e. The molecule has 1 saturated heterocycles. The molecule has 3 nitrogen and oxygen atoms in total. The van der Waals surface area contributed by atoms with Crippen LogP contribution in [0.5, 0.6) is 0 Å². The number of rotatable bonds is 3. The zero-order valence-corrected chi connectivity index (χ0v) is 8.88. The fourth-order valence-corrected chi connectivity index (χ4v) is 2.12. The van der Waals surface area contributed by atoms with E-state index in [1.165, 1.54) is 19.3 Å². The van der Waals surface area contributed by atoms with Gasteiger partial charge in [-0.3, -0.25) is 4.79 Å². The summed E-state index contributed by atoms with van der Waals surface area (Å²) in [5, 5.41) is 6.45. The maximum atomic E-state index is 11.8. The summed E-state index contributed by atoms with van der Waals surface area (Å²) < 4.78 is 0. The van der Waals surface area contributed by atoms with Crippen molar-refractivity contribution in [1.82, 2.24) is 10.6 Å². The Morgan fingerprint density at radius 2 is 2.21 bits per heavy atom. The highest BCUT2D eigenvalue weighted by atomic mass is 16.1. The second-order valence-electron chi connectivity index (χ2n) is 4.68. The van der Waals surface area contributed by atoms with Crippen molar-refractivity contribution in [2.24, 2.45) is 11.8 Å². The first-order valence-corrected chi connectivity index (χ1v) is 5.78. The molecule has 0 spiro atoms. The zero-order chi connectivity index (χ0) is 9.97. The van der Waals surface area contributed by atoms with Crippen LogP contribution in [0, 0.1) is 11.8 Å². The summed E-state index contributed by atoms with van der Waals surface area (Å²) in [7, 11) is 0. The van der Waals surface area contributed by atoms with Gasteiger partial charge in [-0.05, 0) is 38.1 Å². The van der Waals surface area contributed by atoms with Crippen molar-refractivity contribution in [3.63, 3.8) is 0 Å². The second kappa shape index (κ2) is 4.30. The van der Waals surface area contributed by atoms with Crippen LogP contribution in [-0.2, 0) is 4.79 Å². The molecule has 0 radical (unpaired) electrons. The molecule has 3 heteroatoms. The summed E-state index contributed by atoms with van der Waals surface area (Å²) in [6, 6.07) is 0.373. The molecular formula is C11H20N2O. The van der Waals surface area contributed by atoms with Crippen molar-refractivity contribution >= 4 is 5.91 Å². The number of hydrogen-bond acceptors (Lipinski definition) is 2. The van der Waals surface area contributed by atoms with Crippen LogP contribution in [0.3, 0.4) is 0 Å². The average Bonchev–Trinajstić information content (AvgIpc) is 3.01. The number of carbonyl (C=O) groups is 1. The topological polar surface area (TPSA) is 41.1 Å². The molecule has 2 N–H and O–H groups in total. The molecular weight excluding hydrogens is 176 g/mol. The van der Waals surface area contributed by atoms with Crippen LogP contribution < -0.4 is 10.6 Å². The fourth-order valence-electron chi connectivity index (χ4n) is 2.12. The number of amides is 1. The molecule has 2 rings (SSSR count). The van der Waals surface area contributed by atoms with Crippen LogP contribution in [0.2, 0.25) is 0 Å². The highest BCUT2D eigenvalue weighted by molar-refractivity contribution is 5.79. The van der Waals surface area contributed by atoms with Crippen molar-refractivity contribution in [3.8, 4) is 0 Å². The first-order chi connectivity index (χ1) is 6.77. The Bertz CT molecular complexity index is 207. The maximum absolute atomic E-state index is 11.8. The van der Waals surface area contributed by atoms with Gasteiger partial charge in [0.1, 0.15) is 0 Å². The zero-order valence-electron chi connectivity index (χ0n) is 8.88. The standard InChI is InChI=1S/C11H20N2O/c1-8(9-4-5-9)11(14)13-10-3-2-6-12-7-10/h8-10,12H,2-7H2,1H3,(H,13,14)/t8?,10-/m0/s1. The van der Waals surface area contributed by atoms with Gasteiger partial charge in [0.2, 0.25) is 5.91 Å². The van der Waals surface area contributed by atoms with Gasteiger partial charge in [0.15, 0.2) is 0 Å². The summed E-state index contributed by atoms with van der Waals surface area (Å²) in [5.41, 5.74) is 0. The monoisotopic (exact) mass is 196 g/mol. The highest BCUT2D eigenvalue weighted by Gasteiger charge is 2.33. The van der Waals surface area contributed by atoms with Crippen LogP contribution in [-0.4, -0.2) is 25.0 Å². The average molecular weight is 196 g/mol. The van der Waals surface area contributed by atoms with Crippen molar-refractivity contribution < 1.29 is 4.79 Å². The van der Waals surface area contributed by atoms with Crippen LogP contribution in [0.4, 0.5) is 0 Å². The summed E-state index contributed by atoms with van der Waals surface area (Å²) in [6.07, 6.45) is 4.81. The lowest BCUT2D eigenvalue weighted by Gasteiger charge is -2.25. The number of carbonyl (C=O) groups excluding carboxylic acids is 1. The third-order valence-corrected chi connectivity index (χ3v) is 3.39. The van der Waals surface area contributed by atoms with Crippen molar-refractivity contribution in [1.29, 1.82) is 0 Å². The van der Waals surface area contributed by atoms with Crippen molar-refractivity contribution in [2.75, 3.05) is 13.1 Å². The minimum atomic E-state index is 0.233. The maximum Gasteiger partial charge on any atom is 0.223 e. The first kappa shape index (κ1) is 9.97. The Hall–Kier alpha value is -0.570. The van der Waals surface area contributed by atoms with Crippen LogP contribution in [0.25, 0.3) is 0 Å². The van der Waals surface area contributed by atoms with Crippen molar-refractivity contribution in [2.45, 2.75) is 38.6 Å². The summed E-state index contributed by atoms with van der Waals surface area (Å²) in [4.78, 5) is 11.8. The molecule has 0 aromatic rings. The van der Waals surface area contributed by atoms with Crippen LogP contribution >= 0.6 is 0 Å². The Morgan fingerprint density at radius 1 is 1.43 bits per heavy atom. The quantitative estimate of drug-likeness (QED) is 0.704. The van der Waals surface area contributed by atoms with Crippen molar-refractivity contribution in [3.05, 3.63) is 0 Å². The lowest BCUT2D eigenvalue weighted by molar-refractivity contribution is -0.125. The predicted molar refractivity (Wildman–Crippen MR) is 55.9 cm³/mol. The van der Waals surface area contributed by atoms with Gasteiger partial charge in [0, 0.05) is 18.5 Å². The summed E-state index contributed by atoms with van der Waals surface area (Å²) in [5.74, 6) is 1.17. The SMILES string of the molecule is CC(C(=O)N[C@H]1CCCNC1)C1CC1. The number of hydrogen-bond donors (Lipinski definition) is 2. The minimum absolute atomic E-state index is 0.233. The molecule has 0 aromatic heterocycles. The molecule has 1 unspecified atom stereocenters. The lowest BCUT2D eigenvalue weighted by atomic mass is 10.0. The van der Waals surface area contributed by atoms with Gasteiger partial charge in [-0.25, -0.2) is 0 Å². The molecule has 1 heterocycles. The molecule has 2 fully saturated rings. The molecule has 1 aliphatic heterocycles. The molecule has 14 heavy (non-hydrogen) atoms. The Balaban J connectivity index is 1.74. The molecule has 2 aliphatic rings. The molecule has 1 aliphatic carbocycles. The largest absolute Gasteiger partial charge is 0.352 e. The third-order valence-electron chi connectivity index (χ3n) is 3.39.